The van der Waals surface area contributed by atoms with Crippen molar-refractivity contribution >= 4 is 41.2 Å². The molecule has 2 aromatic rings. The van der Waals surface area contributed by atoms with E-state index >= 15 is 0 Å². The van der Waals surface area contributed by atoms with Crippen molar-refractivity contribution in [2.75, 3.05) is 0 Å². The number of nitrogens with zero attached hydrogens (tertiary/aromatic N) is 2. The van der Waals surface area contributed by atoms with Crippen LogP contribution >= 0.6 is 23.2 Å². The van der Waals surface area contributed by atoms with Crippen LogP contribution in [0.1, 0.15) is 12.2 Å². The lowest BCUT2D eigenvalue weighted by molar-refractivity contribution is -0.140. The zero-order valence-electron chi connectivity index (χ0n) is 14.0. The first-order valence-corrected chi connectivity index (χ1v) is 9.44. The summed E-state index contributed by atoms with van der Waals surface area (Å²) < 4.78 is 5.73. The molecule has 2 bridgehead atoms. The Morgan fingerprint density at radius 2 is 1.74 bits per heavy atom. The van der Waals surface area contributed by atoms with E-state index in [0.717, 1.165) is 11.4 Å². The second kappa shape index (κ2) is 6.08. The van der Waals surface area contributed by atoms with Crippen LogP contribution in [0.25, 0.3) is 11.3 Å². The number of hydrogen-bond acceptors (Lipinski definition) is 4. The molecule has 1 aromatic carbocycles. The molecule has 1 saturated carbocycles. The number of furan rings is 1. The van der Waals surface area contributed by atoms with E-state index in [0.29, 0.717) is 27.1 Å². The van der Waals surface area contributed by atoms with Crippen molar-refractivity contribution in [3.05, 3.63) is 58.3 Å². The SMILES string of the molecule is O=C1C2C3C=CC(C3)C2C(=O)N1/N=C\c1ccc(-c2cccc(Cl)c2Cl)o1. The maximum atomic E-state index is 12.6. The van der Waals surface area contributed by atoms with Crippen LogP contribution in [0.3, 0.4) is 0 Å². The molecule has 0 radical (unpaired) electrons. The van der Waals surface area contributed by atoms with Crippen molar-refractivity contribution in [1.82, 2.24) is 5.01 Å². The number of imide groups is 1. The zero-order valence-corrected chi connectivity index (χ0v) is 15.5. The Morgan fingerprint density at radius 1 is 1.04 bits per heavy atom. The summed E-state index contributed by atoms with van der Waals surface area (Å²) in [6.07, 6.45) is 6.38. The average Bonchev–Trinajstić information content (AvgIpc) is 3.41. The first-order valence-electron chi connectivity index (χ1n) is 8.69. The predicted molar refractivity (Wildman–Crippen MR) is 101 cm³/mol. The van der Waals surface area contributed by atoms with Crippen molar-refractivity contribution in [3.63, 3.8) is 0 Å². The number of halogens is 2. The van der Waals surface area contributed by atoms with E-state index in [9.17, 15) is 9.59 Å². The quantitative estimate of drug-likeness (QED) is 0.435. The molecule has 4 atom stereocenters. The van der Waals surface area contributed by atoms with E-state index in [1.807, 2.05) is 0 Å². The van der Waals surface area contributed by atoms with Gasteiger partial charge in [0.1, 0.15) is 11.5 Å². The van der Waals surface area contributed by atoms with Crippen LogP contribution < -0.4 is 0 Å². The summed E-state index contributed by atoms with van der Waals surface area (Å²) in [5.74, 6) is 0.310. The first kappa shape index (κ1) is 16.8. The smallest absolute Gasteiger partial charge is 0.254 e. The van der Waals surface area contributed by atoms with E-state index in [1.165, 1.54) is 6.21 Å². The number of carbonyl (C=O) groups excluding carboxylic acids is 2. The number of carbonyl (C=O) groups is 2. The maximum absolute atomic E-state index is 12.6. The fourth-order valence-electron chi connectivity index (χ4n) is 4.38. The molecule has 1 aliphatic heterocycles. The van der Waals surface area contributed by atoms with Gasteiger partial charge in [0.25, 0.3) is 11.8 Å². The zero-order chi connectivity index (χ0) is 18.7. The van der Waals surface area contributed by atoms with E-state index < -0.39 is 0 Å². The number of rotatable bonds is 3. The van der Waals surface area contributed by atoms with Crippen molar-refractivity contribution in [2.24, 2.45) is 28.8 Å². The molecular weight excluding hydrogens is 387 g/mol. The third-order valence-corrected chi connectivity index (χ3v) is 6.41. The highest BCUT2D eigenvalue weighted by atomic mass is 35.5. The van der Waals surface area contributed by atoms with Crippen LogP contribution in [0.15, 0.2) is 52.0 Å². The van der Waals surface area contributed by atoms with Crippen molar-refractivity contribution in [3.8, 4) is 11.3 Å². The maximum Gasteiger partial charge on any atom is 0.254 e. The van der Waals surface area contributed by atoms with Crippen LogP contribution in [0.4, 0.5) is 0 Å². The van der Waals surface area contributed by atoms with Crippen LogP contribution in [0.2, 0.25) is 10.0 Å². The molecule has 2 aliphatic carbocycles. The lowest BCUT2D eigenvalue weighted by Gasteiger charge is -2.13. The molecule has 1 saturated heterocycles. The Balaban J connectivity index is 1.38. The Hall–Kier alpha value is -2.37. The van der Waals surface area contributed by atoms with Crippen LogP contribution in [-0.4, -0.2) is 23.0 Å². The molecule has 2 amide bonds. The summed E-state index contributed by atoms with van der Waals surface area (Å²) in [5.41, 5.74) is 0.661. The van der Waals surface area contributed by atoms with Crippen molar-refractivity contribution in [2.45, 2.75) is 6.42 Å². The van der Waals surface area contributed by atoms with Gasteiger partial charge >= 0.3 is 0 Å². The van der Waals surface area contributed by atoms with E-state index in [1.54, 1.807) is 30.3 Å². The highest BCUT2D eigenvalue weighted by molar-refractivity contribution is 6.43. The third-order valence-electron chi connectivity index (χ3n) is 5.59. The van der Waals surface area contributed by atoms with Crippen LogP contribution in [0, 0.1) is 23.7 Å². The summed E-state index contributed by atoms with van der Waals surface area (Å²) in [4.78, 5) is 25.2. The van der Waals surface area contributed by atoms with Gasteiger partial charge in [-0.25, -0.2) is 0 Å². The minimum atomic E-state index is -0.262. The number of amides is 2. The molecule has 5 rings (SSSR count). The lowest BCUT2D eigenvalue weighted by atomic mass is 9.85. The molecule has 5 nitrogen and oxygen atoms in total. The van der Waals surface area contributed by atoms with Gasteiger partial charge in [-0.05, 0) is 42.5 Å². The second-order valence-electron chi connectivity index (χ2n) is 7.04. The van der Waals surface area contributed by atoms with Gasteiger partial charge in [0.2, 0.25) is 0 Å². The summed E-state index contributed by atoms with van der Waals surface area (Å²) in [7, 11) is 0. The van der Waals surface area contributed by atoms with Gasteiger partial charge < -0.3 is 4.42 Å². The summed E-state index contributed by atoms with van der Waals surface area (Å²) in [6.45, 7) is 0. The highest BCUT2D eigenvalue weighted by Crippen LogP contribution is 2.52. The molecule has 2 fully saturated rings. The second-order valence-corrected chi connectivity index (χ2v) is 7.82. The minimum Gasteiger partial charge on any atom is -0.455 e. The monoisotopic (exact) mass is 400 g/mol. The van der Waals surface area contributed by atoms with Gasteiger partial charge in [-0.3, -0.25) is 9.59 Å². The number of hydrazone groups is 1. The van der Waals surface area contributed by atoms with Gasteiger partial charge in [0.05, 0.1) is 28.1 Å². The highest BCUT2D eigenvalue weighted by Gasteiger charge is 2.59. The molecule has 136 valence electrons. The van der Waals surface area contributed by atoms with Gasteiger partial charge in [0.15, 0.2) is 0 Å². The van der Waals surface area contributed by atoms with Gasteiger partial charge in [-0.15, -0.1) is 0 Å². The van der Waals surface area contributed by atoms with E-state index in [2.05, 4.69) is 17.3 Å². The van der Waals surface area contributed by atoms with Crippen molar-refractivity contribution in [1.29, 1.82) is 0 Å². The molecule has 0 N–H and O–H groups in total. The van der Waals surface area contributed by atoms with Gasteiger partial charge in [-0.1, -0.05) is 41.4 Å². The Morgan fingerprint density at radius 3 is 2.44 bits per heavy atom. The van der Waals surface area contributed by atoms with Gasteiger partial charge in [0, 0.05) is 5.56 Å². The summed E-state index contributed by atoms with van der Waals surface area (Å²) in [5, 5.41) is 5.94. The Labute approximate surface area is 165 Å². The molecule has 2 heterocycles. The minimum absolute atomic E-state index is 0.164. The largest absolute Gasteiger partial charge is 0.455 e. The lowest BCUT2D eigenvalue weighted by Crippen LogP contribution is -2.28. The predicted octanol–water partition coefficient (Wildman–Crippen LogP) is 4.39. The number of fused-ring (bicyclic) bond motifs is 5. The number of allylic oxidation sites excluding steroid dienone is 2. The van der Waals surface area contributed by atoms with Gasteiger partial charge in [-0.2, -0.15) is 10.1 Å². The fraction of sp³-hybridized carbons (Fsp3) is 0.250. The number of benzene rings is 1. The van der Waals surface area contributed by atoms with E-state index in [-0.39, 0.29) is 35.5 Å². The number of hydrogen-bond donors (Lipinski definition) is 0. The molecule has 7 heteroatoms. The molecule has 4 unspecified atom stereocenters. The standard InChI is InChI=1S/C20H14Cl2N2O3/c21-14-3-1-2-13(18(14)22)15-7-6-12(27-15)9-23-24-19(25)16-10-4-5-11(8-10)17(16)20(24)26/h1-7,9-11,16-17H,8H2/b23-9-. The van der Waals surface area contributed by atoms with Crippen LogP contribution in [0.5, 0.6) is 0 Å². The topological polar surface area (TPSA) is 62.9 Å². The van der Waals surface area contributed by atoms with E-state index in [4.69, 9.17) is 27.6 Å². The Kier molecular flexibility index (Phi) is 3.78. The summed E-state index contributed by atoms with van der Waals surface area (Å²) >= 11 is 12.3. The molecular formula is C20H14Cl2N2O3. The van der Waals surface area contributed by atoms with Crippen LogP contribution in [-0.2, 0) is 9.59 Å². The molecule has 1 aromatic heterocycles. The molecule has 27 heavy (non-hydrogen) atoms. The normalized spacial score (nSPS) is 28.7. The van der Waals surface area contributed by atoms with Crippen molar-refractivity contribution < 1.29 is 14.0 Å². The fourth-order valence-corrected chi connectivity index (χ4v) is 4.77. The first-order chi connectivity index (χ1) is 13.0. The Bertz CT molecular complexity index is 996. The average molecular weight is 401 g/mol. The molecule has 3 aliphatic rings. The third kappa shape index (κ3) is 2.49. The molecule has 0 spiro atoms. The summed E-state index contributed by atoms with van der Waals surface area (Å²) in [6, 6.07) is 8.72.